The van der Waals surface area contributed by atoms with Crippen LogP contribution >= 0.6 is 0 Å². The molecular formula is C11H20N2O2. The Bertz CT molecular complexity index is 263. The van der Waals surface area contributed by atoms with Gasteiger partial charge in [-0.1, -0.05) is 0 Å². The third-order valence-corrected chi connectivity index (χ3v) is 3.25. The van der Waals surface area contributed by atoms with Gasteiger partial charge in [0.2, 0.25) is 0 Å². The molecule has 0 radical (unpaired) electrons. The van der Waals surface area contributed by atoms with Crippen LogP contribution in [0.1, 0.15) is 40.5 Å². The number of nitriles is 1. The SMILES string of the molecule is CC1(C)CC(C(O)C#N)CC(C)(C)N1O. The van der Waals surface area contributed by atoms with Gasteiger partial charge in [-0.05, 0) is 40.5 Å². The fourth-order valence-corrected chi connectivity index (χ4v) is 2.68. The maximum absolute atomic E-state index is 10.0. The number of nitrogens with zero attached hydrogens (tertiary/aromatic N) is 2. The molecule has 4 nitrogen and oxygen atoms in total. The second-order valence-corrected chi connectivity index (χ2v) is 5.68. The van der Waals surface area contributed by atoms with Crippen LogP contribution in [0.15, 0.2) is 0 Å². The molecule has 1 heterocycles. The van der Waals surface area contributed by atoms with Crippen LogP contribution in [0.3, 0.4) is 0 Å². The molecule has 0 bridgehead atoms. The lowest BCUT2D eigenvalue weighted by Crippen LogP contribution is -2.60. The maximum atomic E-state index is 10.0. The van der Waals surface area contributed by atoms with Gasteiger partial charge in [0, 0.05) is 17.0 Å². The largest absolute Gasteiger partial charge is 0.378 e. The first-order valence-corrected chi connectivity index (χ1v) is 5.27. The molecular weight excluding hydrogens is 192 g/mol. The second kappa shape index (κ2) is 3.75. The molecule has 1 aliphatic rings. The molecule has 4 heteroatoms. The Balaban J connectivity index is 2.90. The van der Waals surface area contributed by atoms with E-state index in [-0.39, 0.29) is 5.92 Å². The van der Waals surface area contributed by atoms with Crippen LogP contribution in [0.2, 0.25) is 0 Å². The molecule has 1 unspecified atom stereocenters. The smallest absolute Gasteiger partial charge is 0.143 e. The molecule has 0 spiro atoms. The molecule has 0 aromatic rings. The molecule has 1 atom stereocenters. The lowest BCUT2D eigenvalue weighted by atomic mass is 9.73. The molecule has 15 heavy (non-hydrogen) atoms. The molecule has 0 aromatic carbocycles. The molecule has 0 amide bonds. The van der Waals surface area contributed by atoms with E-state index < -0.39 is 17.2 Å². The fraction of sp³-hybridized carbons (Fsp3) is 0.909. The number of hydrogen-bond acceptors (Lipinski definition) is 4. The summed E-state index contributed by atoms with van der Waals surface area (Å²) in [5, 5.41) is 29.6. The van der Waals surface area contributed by atoms with E-state index in [1.807, 2.05) is 33.8 Å². The van der Waals surface area contributed by atoms with Crippen LogP contribution in [-0.4, -0.2) is 32.6 Å². The summed E-state index contributed by atoms with van der Waals surface area (Å²) >= 11 is 0. The Kier molecular flexibility index (Phi) is 3.11. The Hall–Kier alpha value is -0.630. The summed E-state index contributed by atoms with van der Waals surface area (Å²) in [5.41, 5.74) is -0.797. The Morgan fingerprint density at radius 2 is 1.67 bits per heavy atom. The third-order valence-electron chi connectivity index (χ3n) is 3.25. The first kappa shape index (κ1) is 12.4. The van der Waals surface area contributed by atoms with E-state index in [9.17, 15) is 10.3 Å². The summed E-state index contributed by atoms with van der Waals surface area (Å²) < 4.78 is 0. The molecule has 1 saturated heterocycles. The molecule has 1 rings (SSSR count). The summed E-state index contributed by atoms with van der Waals surface area (Å²) in [6.45, 7) is 7.69. The van der Waals surface area contributed by atoms with Gasteiger partial charge in [-0.25, -0.2) is 0 Å². The van der Waals surface area contributed by atoms with Crippen LogP contribution < -0.4 is 0 Å². The van der Waals surface area contributed by atoms with Crippen LogP contribution in [0, 0.1) is 17.2 Å². The van der Waals surface area contributed by atoms with Crippen molar-refractivity contribution in [1.82, 2.24) is 5.06 Å². The van der Waals surface area contributed by atoms with E-state index >= 15 is 0 Å². The summed E-state index contributed by atoms with van der Waals surface area (Å²) in [6, 6.07) is 1.88. The fourth-order valence-electron chi connectivity index (χ4n) is 2.68. The van der Waals surface area contributed by atoms with Gasteiger partial charge in [0.15, 0.2) is 0 Å². The summed E-state index contributed by atoms with van der Waals surface area (Å²) in [7, 11) is 0. The van der Waals surface area contributed by atoms with Gasteiger partial charge in [-0.3, -0.25) is 0 Å². The van der Waals surface area contributed by atoms with Crippen molar-refractivity contribution in [1.29, 1.82) is 5.26 Å². The van der Waals surface area contributed by atoms with Crippen LogP contribution in [0.25, 0.3) is 0 Å². The normalized spacial score (nSPS) is 28.3. The van der Waals surface area contributed by atoms with Crippen molar-refractivity contribution in [2.45, 2.75) is 57.7 Å². The van der Waals surface area contributed by atoms with Gasteiger partial charge in [0.25, 0.3) is 0 Å². The molecule has 1 fully saturated rings. The average Bonchev–Trinajstić information content (AvgIpc) is 2.11. The van der Waals surface area contributed by atoms with Gasteiger partial charge >= 0.3 is 0 Å². The Morgan fingerprint density at radius 1 is 1.27 bits per heavy atom. The highest BCUT2D eigenvalue weighted by molar-refractivity contribution is 5.01. The van der Waals surface area contributed by atoms with Gasteiger partial charge in [0.1, 0.15) is 6.10 Å². The minimum atomic E-state index is -0.933. The molecule has 2 N–H and O–H groups in total. The average molecular weight is 212 g/mol. The summed E-state index contributed by atoms with van der Waals surface area (Å²) in [6.07, 6.45) is 0.320. The van der Waals surface area contributed by atoms with Crippen molar-refractivity contribution in [3.8, 4) is 6.07 Å². The van der Waals surface area contributed by atoms with E-state index in [4.69, 9.17) is 5.26 Å². The highest BCUT2D eigenvalue weighted by atomic mass is 16.5. The highest BCUT2D eigenvalue weighted by Gasteiger charge is 2.46. The lowest BCUT2D eigenvalue weighted by Gasteiger charge is -2.51. The number of hydrogen-bond donors (Lipinski definition) is 2. The quantitative estimate of drug-likeness (QED) is 0.647. The number of hydroxylamine groups is 2. The number of piperidine rings is 1. The Labute approximate surface area is 91.1 Å². The Morgan fingerprint density at radius 3 is 2.00 bits per heavy atom. The topological polar surface area (TPSA) is 67.5 Å². The van der Waals surface area contributed by atoms with E-state index in [1.54, 1.807) is 0 Å². The van der Waals surface area contributed by atoms with Gasteiger partial charge in [-0.2, -0.15) is 10.3 Å². The van der Waals surface area contributed by atoms with Crippen LogP contribution in [0.5, 0.6) is 0 Å². The zero-order valence-electron chi connectivity index (χ0n) is 9.86. The minimum Gasteiger partial charge on any atom is -0.378 e. The monoisotopic (exact) mass is 212 g/mol. The van der Waals surface area contributed by atoms with Crippen molar-refractivity contribution in [3.63, 3.8) is 0 Å². The van der Waals surface area contributed by atoms with Gasteiger partial charge < -0.3 is 10.3 Å². The summed E-state index contributed by atoms with van der Waals surface area (Å²) in [5.74, 6) is -0.0663. The zero-order chi connectivity index (χ0) is 11.9. The second-order valence-electron chi connectivity index (χ2n) is 5.68. The third kappa shape index (κ3) is 2.31. The number of aliphatic hydroxyl groups excluding tert-OH is 1. The van der Waals surface area contributed by atoms with Crippen molar-refractivity contribution in [2.75, 3.05) is 0 Å². The predicted octanol–water partition coefficient (Wildman–Crippen LogP) is 1.53. The predicted molar refractivity (Wildman–Crippen MR) is 56.1 cm³/mol. The molecule has 86 valence electrons. The minimum absolute atomic E-state index is 0.0663. The first-order chi connectivity index (χ1) is 6.70. The maximum Gasteiger partial charge on any atom is 0.143 e. The summed E-state index contributed by atoms with van der Waals surface area (Å²) in [4.78, 5) is 0. The highest BCUT2D eigenvalue weighted by Crippen LogP contribution is 2.40. The van der Waals surface area contributed by atoms with Crippen molar-refractivity contribution < 1.29 is 10.3 Å². The van der Waals surface area contributed by atoms with E-state index in [1.165, 1.54) is 5.06 Å². The van der Waals surface area contributed by atoms with Crippen LogP contribution in [-0.2, 0) is 0 Å². The van der Waals surface area contributed by atoms with E-state index in [0.29, 0.717) is 12.8 Å². The molecule has 0 aromatic heterocycles. The first-order valence-electron chi connectivity index (χ1n) is 5.27. The number of rotatable bonds is 1. The van der Waals surface area contributed by atoms with Gasteiger partial charge in [0.05, 0.1) is 6.07 Å². The van der Waals surface area contributed by atoms with Crippen LogP contribution in [0.4, 0.5) is 0 Å². The number of aliphatic hydroxyl groups is 1. The molecule has 0 saturated carbocycles. The molecule has 1 aliphatic heterocycles. The van der Waals surface area contributed by atoms with Crippen molar-refractivity contribution >= 4 is 0 Å². The lowest BCUT2D eigenvalue weighted by molar-refractivity contribution is -0.254. The van der Waals surface area contributed by atoms with Gasteiger partial charge in [-0.15, -0.1) is 0 Å². The van der Waals surface area contributed by atoms with E-state index in [0.717, 1.165) is 0 Å². The van der Waals surface area contributed by atoms with Crippen molar-refractivity contribution in [2.24, 2.45) is 5.92 Å². The van der Waals surface area contributed by atoms with Crippen molar-refractivity contribution in [3.05, 3.63) is 0 Å². The standard InChI is InChI=1S/C11H20N2O2/c1-10(2)5-8(9(14)7-12)6-11(3,4)13(10)15/h8-9,14-15H,5-6H2,1-4H3. The van der Waals surface area contributed by atoms with E-state index in [2.05, 4.69) is 0 Å². The molecule has 0 aliphatic carbocycles. The zero-order valence-corrected chi connectivity index (χ0v) is 9.86.